The predicted molar refractivity (Wildman–Crippen MR) is 60.6 cm³/mol. The lowest BCUT2D eigenvalue weighted by Crippen LogP contribution is -2.46. The molecule has 0 saturated heterocycles. The molecule has 1 amide bonds. The van der Waals surface area contributed by atoms with Gasteiger partial charge in [-0.2, -0.15) is 0 Å². The van der Waals surface area contributed by atoms with Crippen LogP contribution in [0.15, 0.2) is 0 Å². The number of hydrogen-bond acceptors (Lipinski definition) is 2. The molecule has 0 aromatic rings. The van der Waals surface area contributed by atoms with Gasteiger partial charge in [0, 0.05) is 13.7 Å². The van der Waals surface area contributed by atoms with Crippen molar-refractivity contribution < 1.29 is 9.53 Å². The summed E-state index contributed by atoms with van der Waals surface area (Å²) in [6.45, 7) is 8.81. The average Bonchev–Trinajstić information content (AvgIpc) is 2.95. The lowest BCUT2D eigenvalue weighted by molar-refractivity contribution is -0.139. The minimum absolute atomic E-state index is 0.0167. The zero-order chi connectivity index (χ0) is 11.7. The Morgan fingerprint density at radius 2 is 2.00 bits per heavy atom. The van der Waals surface area contributed by atoms with E-state index in [9.17, 15) is 4.79 Å². The van der Waals surface area contributed by atoms with Crippen molar-refractivity contribution in [3.63, 3.8) is 0 Å². The van der Waals surface area contributed by atoms with Gasteiger partial charge in [-0.15, -0.1) is 0 Å². The number of hydrogen-bond donors (Lipinski definition) is 1. The summed E-state index contributed by atoms with van der Waals surface area (Å²) in [6.07, 6.45) is 2.47. The summed E-state index contributed by atoms with van der Waals surface area (Å²) in [7, 11) is 1.56. The molecule has 88 valence electrons. The molecule has 1 saturated carbocycles. The van der Waals surface area contributed by atoms with Gasteiger partial charge in [0.2, 0.25) is 0 Å². The molecule has 0 spiro atoms. The Bertz CT molecular complexity index is 242. The van der Waals surface area contributed by atoms with Crippen LogP contribution in [0.3, 0.4) is 0 Å². The number of rotatable bonds is 5. The van der Waals surface area contributed by atoms with Gasteiger partial charge < -0.3 is 10.1 Å². The maximum absolute atomic E-state index is 11.8. The molecule has 1 N–H and O–H groups in total. The van der Waals surface area contributed by atoms with Gasteiger partial charge in [-0.1, -0.05) is 13.8 Å². The van der Waals surface area contributed by atoms with Crippen molar-refractivity contribution in [2.75, 3.05) is 13.7 Å². The summed E-state index contributed by atoms with van der Waals surface area (Å²) >= 11 is 0. The van der Waals surface area contributed by atoms with Gasteiger partial charge in [0.1, 0.15) is 5.60 Å². The first-order valence-electron chi connectivity index (χ1n) is 5.67. The van der Waals surface area contributed by atoms with E-state index in [4.69, 9.17) is 4.74 Å². The van der Waals surface area contributed by atoms with E-state index >= 15 is 0 Å². The van der Waals surface area contributed by atoms with Crippen molar-refractivity contribution in [3.05, 3.63) is 0 Å². The molecular formula is C12H23NO2. The summed E-state index contributed by atoms with van der Waals surface area (Å²) in [6, 6.07) is 0. The number of amides is 1. The van der Waals surface area contributed by atoms with E-state index in [2.05, 4.69) is 19.2 Å². The van der Waals surface area contributed by atoms with Gasteiger partial charge in [0.05, 0.1) is 0 Å². The van der Waals surface area contributed by atoms with Crippen molar-refractivity contribution in [1.29, 1.82) is 0 Å². The molecule has 1 rings (SSSR count). The van der Waals surface area contributed by atoms with E-state index in [0.29, 0.717) is 11.3 Å². The van der Waals surface area contributed by atoms with Gasteiger partial charge in [-0.05, 0) is 38.0 Å². The monoisotopic (exact) mass is 213 g/mol. The standard InChI is InChI=1S/C12H23NO2/c1-9(2)12(6-7-12)8-13-10(14)11(3,4)15-5/h9H,6-8H2,1-5H3,(H,13,14). The second kappa shape index (κ2) is 4.12. The Balaban J connectivity index is 2.41. The number of methoxy groups -OCH3 is 1. The average molecular weight is 213 g/mol. The van der Waals surface area contributed by atoms with Crippen molar-refractivity contribution in [3.8, 4) is 0 Å². The minimum atomic E-state index is -0.715. The highest BCUT2D eigenvalue weighted by Gasteiger charge is 2.45. The Morgan fingerprint density at radius 3 is 2.33 bits per heavy atom. The maximum atomic E-state index is 11.8. The van der Waals surface area contributed by atoms with Gasteiger partial charge in [0.15, 0.2) is 0 Å². The molecule has 1 aliphatic carbocycles. The fourth-order valence-corrected chi connectivity index (χ4v) is 1.68. The fraction of sp³-hybridized carbons (Fsp3) is 0.917. The van der Waals surface area contributed by atoms with Crippen LogP contribution in [0.1, 0.15) is 40.5 Å². The molecule has 1 fully saturated rings. The summed E-state index contributed by atoms with van der Waals surface area (Å²) in [4.78, 5) is 11.8. The van der Waals surface area contributed by atoms with Crippen LogP contribution >= 0.6 is 0 Å². The van der Waals surface area contributed by atoms with Crippen LogP contribution in [0.5, 0.6) is 0 Å². The molecule has 0 aliphatic heterocycles. The first-order chi connectivity index (χ1) is 6.84. The number of carbonyl (C=O) groups is 1. The molecular weight excluding hydrogens is 190 g/mol. The Hall–Kier alpha value is -0.570. The molecule has 1 aliphatic rings. The van der Waals surface area contributed by atoms with E-state index in [0.717, 1.165) is 6.54 Å². The second-order valence-electron chi connectivity index (χ2n) is 5.41. The summed E-state index contributed by atoms with van der Waals surface area (Å²) in [5.74, 6) is 0.625. The third-order valence-corrected chi connectivity index (χ3v) is 3.78. The number of ether oxygens (including phenoxy) is 1. The molecule has 0 aromatic heterocycles. The molecule has 0 aromatic carbocycles. The van der Waals surface area contributed by atoms with Crippen molar-refractivity contribution >= 4 is 5.91 Å². The predicted octanol–water partition coefficient (Wildman–Crippen LogP) is 1.96. The largest absolute Gasteiger partial charge is 0.369 e. The molecule has 0 radical (unpaired) electrons. The molecule has 3 heteroatoms. The first-order valence-corrected chi connectivity index (χ1v) is 5.67. The molecule has 0 atom stereocenters. The van der Waals surface area contributed by atoms with Gasteiger partial charge in [-0.3, -0.25) is 4.79 Å². The number of carbonyl (C=O) groups excluding carboxylic acids is 1. The van der Waals surface area contributed by atoms with Gasteiger partial charge in [0.25, 0.3) is 5.91 Å². The van der Waals surface area contributed by atoms with Crippen molar-refractivity contribution in [2.24, 2.45) is 11.3 Å². The van der Waals surface area contributed by atoms with E-state index in [1.165, 1.54) is 12.8 Å². The molecule has 15 heavy (non-hydrogen) atoms. The summed E-state index contributed by atoms with van der Waals surface area (Å²) in [5, 5.41) is 2.99. The maximum Gasteiger partial charge on any atom is 0.251 e. The highest BCUT2D eigenvalue weighted by atomic mass is 16.5. The lowest BCUT2D eigenvalue weighted by atomic mass is 9.92. The smallest absolute Gasteiger partial charge is 0.251 e. The van der Waals surface area contributed by atoms with E-state index in [1.807, 2.05) is 0 Å². The topological polar surface area (TPSA) is 38.3 Å². The highest BCUT2D eigenvalue weighted by Crippen LogP contribution is 2.51. The Morgan fingerprint density at radius 1 is 1.47 bits per heavy atom. The van der Waals surface area contributed by atoms with Crippen LogP contribution < -0.4 is 5.32 Å². The number of nitrogens with one attached hydrogen (secondary N) is 1. The van der Waals surface area contributed by atoms with Crippen LogP contribution in [0, 0.1) is 11.3 Å². The third-order valence-electron chi connectivity index (χ3n) is 3.78. The first kappa shape index (κ1) is 12.5. The zero-order valence-corrected chi connectivity index (χ0v) is 10.5. The van der Waals surface area contributed by atoms with Crippen LogP contribution in [0.4, 0.5) is 0 Å². The van der Waals surface area contributed by atoms with Gasteiger partial charge in [-0.25, -0.2) is 0 Å². The van der Waals surface area contributed by atoms with Crippen LogP contribution in [0.2, 0.25) is 0 Å². The Kier molecular flexibility index (Phi) is 3.44. The SMILES string of the molecule is COC(C)(C)C(=O)NCC1(C(C)C)CC1. The molecule has 0 heterocycles. The van der Waals surface area contributed by atoms with E-state index in [-0.39, 0.29) is 5.91 Å². The molecule has 0 unspecified atom stereocenters. The second-order valence-corrected chi connectivity index (χ2v) is 5.41. The quantitative estimate of drug-likeness (QED) is 0.758. The summed E-state index contributed by atoms with van der Waals surface area (Å²) in [5.41, 5.74) is -0.355. The Labute approximate surface area is 92.6 Å². The fourth-order valence-electron chi connectivity index (χ4n) is 1.68. The highest BCUT2D eigenvalue weighted by molar-refractivity contribution is 5.84. The zero-order valence-electron chi connectivity index (χ0n) is 10.5. The van der Waals surface area contributed by atoms with Crippen LogP contribution in [0.25, 0.3) is 0 Å². The molecule has 0 bridgehead atoms. The third kappa shape index (κ3) is 2.71. The normalized spacial score (nSPS) is 19.1. The van der Waals surface area contributed by atoms with Crippen molar-refractivity contribution in [1.82, 2.24) is 5.32 Å². The van der Waals surface area contributed by atoms with E-state index < -0.39 is 5.60 Å². The van der Waals surface area contributed by atoms with Crippen LogP contribution in [-0.4, -0.2) is 25.2 Å². The van der Waals surface area contributed by atoms with Crippen LogP contribution in [-0.2, 0) is 9.53 Å². The van der Waals surface area contributed by atoms with Gasteiger partial charge >= 0.3 is 0 Å². The molecule has 3 nitrogen and oxygen atoms in total. The van der Waals surface area contributed by atoms with Crippen molar-refractivity contribution in [2.45, 2.75) is 46.1 Å². The summed E-state index contributed by atoms with van der Waals surface area (Å²) < 4.78 is 5.13. The van der Waals surface area contributed by atoms with E-state index in [1.54, 1.807) is 21.0 Å². The minimum Gasteiger partial charge on any atom is -0.369 e. The lowest BCUT2D eigenvalue weighted by Gasteiger charge is -2.25.